The van der Waals surface area contributed by atoms with E-state index >= 15 is 0 Å². The van der Waals surface area contributed by atoms with Gasteiger partial charge in [-0.05, 0) is 0 Å². The van der Waals surface area contributed by atoms with Gasteiger partial charge in [-0.15, -0.1) is 0 Å². The van der Waals surface area contributed by atoms with E-state index in [1.165, 1.54) is 0 Å². The molecule has 2 unspecified atom stereocenters. The molecular formula is C11H17N3O4S. The molecule has 2 aliphatic heterocycles. The Kier molecular flexibility index (Phi) is 4.52. The zero-order valence-corrected chi connectivity index (χ0v) is 11.2. The van der Waals surface area contributed by atoms with Gasteiger partial charge < -0.3 is 20.6 Å². The Labute approximate surface area is 115 Å². The third-order valence-electron chi connectivity index (χ3n) is 3.20. The van der Waals surface area contributed by atoms with Crippen LogP contribution in [0.5, 0.6) is 0 Å². The SMILES string of the molecule is O=C(O)CC1CSCCN1C(=O)NC1CNC(=O)C1. The molecule has 0 aromatic rings. The lowest BCUT2D eigenvalue weighted by molar-refractivity contribution is -0.138. The summed E-state index contributed by atoms with van der Waals surface area (Å²) in [5, 5.41) is 14.3. The van der Waals surface area contributed by atoms with E-state index in [-0.39, 0.29) is 36.9 Å². The summed E-state index contributed by atoms with van der Waals surface area (Å²) in [6, 6.07) is -0.741. The highest BCUT2D eigenvalue weighted by atomic mass is 32.2. The number of hydrogen-bond donors (Lipinski definition) is 3. The molecule has 0 aliphatic carbocycles. The maximum atomic E-state index is 12.1. The molecule has 19 heavy (non-hydrogen) atoms. The number of amides is 3. The van der Waals surface area contributed by atoms with Crippen molar-refractivity contribution < 1.29 is 19.5 Å². The van der Waals surface area contributed by atoms with Gasteiger partial charge in [0.1, 0.15) is 0 Å². The zero-order valence-electron chi connectivity index (χ0n) is 10.4. The first-order valence-electron chi connectivity index (χ1n) is 6.19. The van der Waals surface area contributed by atoms with Crippen molar-refractivity contribution in [1.29, 1.82) is 0 Å². The summed E-state index contributed by atoms with van der Waals surface area (Å²) in [7, 11) is 0. The first kappa shape index (κ1) is 14.0. The third kappa shape index (κ3) is 3.76. The molecule has 3 amide bonds. The van der Waals surface area contributed by atoms with Crippen LogP contribution in [-0.4, -0.2) is 64.6 Å². The molecule has 7 nitrogen and oxygen atoms in total. The molecule has 0 spiro atoms. The molecule has 2 saturated heterocycles. The predicted octanol–water partition coefficient (Wildman–Crippen LogP) is -0.523. The topological polar surface area (TPSA) is 98.7 Å². The zero-order chi connectivity index (χ0) is 13.8. The molecule has 0 aromatic heterocycles. The van der Waals surface area contributed by atoms with E-state index < -0.39 is 5.97 Å². The van der Waals surface area contributed by atoms with Gasteiger partial charge in [0.25, 0.3) is 0 Å². The van der Waals surface area contributed by atoms with E-state index in [1.54, 1.807) is 16.7 Å². The van der Waals surface area contributed by atoms with Crippen LogP contribution in [0.3, 0.4) is 0 Å². The van der Waals surface area contributed by atoms with E-state index in [4.69, 9.17) is 5.11 Å². The number of carboxylic acid groups (broad SMARTS) is 1. The Balaban J connectivity index is 1.91. The number of thioether (sulfide) groups is 1. The Morgan fingerprint density at radius 2 is 2.32 bits per heavy atom. The van der Waals surface area contributed by atoms with Gasteiger partial charge in [-0.1, -0.05) is 0 Å². The predicted molar refractivity (Wildman–Crippen MR) is 70.0 cm³/mol. The summed E-state index contributed by atoms with van der Waals surface area (Å²) >= 11 is 1.66. The van der Waals surface area contributed by atoms with Crippen molar-refractivity contribution in [3.05, 3.63) is 0 Å². The molecule has 3 N–H and O–H groups in total. The molecule has 8 heteroatoms. The number of rotatable bonds is 3. The van der Waals surface area contributed by atoms with Crippen LogP contribution in [0, 0.1) is 0 Å². The summed E-state index contributed by atoms with van der Waals surface area (Å²) < 4.78 is 0. The Bertz CT molecular complexity index is 390. The monoisotopic (exact) mass is 287 g/mol. The van der Waals surface area contributed by atoms with Crippen molar-refractivity contribution in [2.45, 2.75) is 24.9 Å². The number of carboxylic acids is 1. The molecule has 2 atom stereocenters. The molecule has 2 heterocycles. The molecule has 0 saturated carbocycles. The lowest BCUT2D eigenvalue weighted by atomic mass is 10.2. The highest BCUT2D eigenvalue weighted by Crippen LogP contribution is 2.19. The number of hydrogen-bond acceptors (Lipinski definition) is 4. The summed E-state index contributed by atoms with van der Waals surface area (Å²) in [5.74, 6) is 0.483. The molecule has 2 aliphatic rings. The van der Waals surface area contributed by atoms with Crippen molar-refractivity contribution in [3.63, 3.8) is 0 Å². The van der Waals surface area contributed by atoms with Crippen LogP contribution in [0.4, 0.5) is 4.79 Å². The number of nitrogens with one attached hydrogen (secondary N) is 2. The van der Waals surface area contributed by atoms with Crippen LogP contribution >= 0.6 is 11.8 Å². The maximum absolute atomic E-state index is 12.1. The van der Waals surface area contributed by atoms with Gasteiger partial charge in [-0.25, -0.2) is 4.79 Å². The van der Waals surface area contributed by atoms with Crippen LogP contribution in [0.1, 0.15) is 12.8 Å². The molecule has 0 radical (unpaired) electrons. The summed E-state index contributed by atoms with van der Waals surface area (Å²) in [6.07, 6.45) is 0.250. The molecule has 0 aromatic carbocycles. The third-order valence-corrected chi connectivity index (χ3v) is 4.30. The van der Waals surface area contributed by atoms with Gasteiger partial charge in [0, 0.05) is 31.0 Å². The average molecular weight is 287 g/mol. The second kappa shape index (κ2) is 6.14. The molecule has 2 fully saturated rings. The van der Waals surface area contributed by atoms with Crippen molar-refractivity contribution in [3.8, 4) is 0 Å². The van der Waals surface area contributed by atoms with Gasteiger partial charge in [-0.3, -0.25) is 9.59 Å². The van der Waals surface area contributed by atoms with Gasteiger partial charge >= 0.3 is 12.0 Å². The average Bonchev–Trinajstić information content (AvgIpc) is 2.74. The summed E-state index contributed by atoms with van der Waals surface area (Å²) in [6.45, 7) is 0.985. The van der Waals surface area contributed by atoms with Crippen LogP contribution in [0.25, 0.3) is 0 Å². The minimum atomic E-state index is -0.900. The smallest absolute Gasteiger partial charge is 0.318 e. The minimum Gasteiger partial charge on any atom is -0.481 e. The molecule has 0 bridgehead atoms. The number of carbonyl (C=O) groups is 3. The lowest BCUT2D eigenvalue weighted by Crippen LogP contribution is -2.53. The first-order valence-corrected chi connectivity index (χ1v) is 7.35. The molecular weight excluding hydrogens is 270 g/mol. The fourth-order valence-corrected chi connectivity index (χ4v) is 3.32. The van der Waals surface area contributed by atoms with E-state index in [0.717, 1.165) is 5.75 Å². The summed E-state index contributed by atoms with van der Waals surface area (Å²) in [4.78, 5) is 35.6. The second-order valence-electron chi connectivity index (χ2n) is 4.67. The van der Waals surface area contributed by atoms with E-state index in [9.17, 15) is 14.4 Å². The van der Waals surface area contributed by atoms with Crippen molar-refractivity contribution in [2.75, 3.05) is 24.6 Å². The van der Waals surface area contributed by atoms with Gasteiger partial charge in [0.15, 0.2) is 0 Å². The van der Waals surface area contributed by atoms with Crippen LogP contribution in [0.2, 0.25) is 0 Å². The normalized spacial score (nSPS) is 26.9. The molecule has 106 valence electrons. The second-order valence-corrected chi connectivity index (χ2v) is 5.82. The number of nitrogens with zero attached hydrogens (tertiary/aromatic N) is 1. The number of carbonyl (C=O) groups excluding carboxylic acids is 2. The van der Waals surface area contributed by atoms with Crippen LogP contribution < -0.4 is 10.6 Å². The quantitative estimate of drug-likeness (QED) is 0.648. The fraction of sp³-hybridized carbons (Fsp3) is 0.727. The number of urea groups is 1. The maximum Gasteiger partial charge on any atom is 0.318 e. The highest BCUT2D eigenvalue weighted by molar-refractivity contribution is 7.99. The standard InChI is InChI=1S/C11H17N3O4S/c15-9-3-7(5-12-9)13-11(18)14-1-2-19-6-8(14)4-10(16)17/h7-8H,1-6H2,(H,12,15)(H,13,18)(H,16,17). The van der Waals surface area contributed by atoms with Crippen molar-refractivity contribution in [1.82, 2.24) is 15.5 Å². The van der Waals surface area contributed by atoms with Crippen LogP contribution in [-0.2, 0) is 9.59 Å². The highest BCUT2D eigenvalue weighted by Gasteiger charge is 2.31. The number of aliphatic carboxylic acids is 1. The largest absolute Gasteiger partial charge is 0.481 e. The Morgan fingerprint density at radius 3 is 2.95 bits per heavy atom. The van der Waals surface area contributed by atoms with E-state index in [0.29, 0.717) is 18.8 Å². The van der Waals surface area contributed by atoms with Gasteiger partial charge in [-0.2, -0.15) is 11.8 Å². The van der Waals surface area contributed by atoms with E-state index in [1.807, 2.05) is 0 Å². The molecule has 2 rings (SSSR count). The van der Waals surface area contributed by atoms with Crippen molar-refractivity contribution in [2.24, 2.45) is 0 Å². The Morgan fingerprint density at radius 1 is 1.53 bits per heavy atom. The Hall–Kier alpha value is -1.44. The van der Waals surface area contributed by atoms with Crippen LogP contribution in [0.15, 0.2) is 0 Å². The van der Waals surface area contributed by atoms with Crippen molar-refractivity contribution >= 4 is 29.7 Å². The van der Waals surface area contributed by atoms with E-state index in [2.05, 4.69) is 10.6 Å². The summed E-state index contributed by atoms with van der Waals surface area (Å²) in [5.41, 5.74) is 0. The van der Waals surface area contributed by atoms with Gasteiger partial charge in [0.05, 0.1) is 18.5 Å². The van der Waals surface area contributed by atoms with Gasteiger partial charge in [0.2, 0.25) is 5.91 Å². The minimum absolute atomic E-state index is 0.0394. The fourth-order valence-electron chi connectivity index (χ4n) is 2.26. The lowest BCUT2D eigenvalue weighted by Gasteiger charge is -2.35. The first-order chi connectivity index (χ1) is 9.06.